The molecule has 0 aliphatic carbocycles. The van der Waals surface area contributed by atoms with Gasteiger partial charge in [0.2, 0.25) is 11.9 Å². The van der Waals surface area contributed by atoms with Crippen molar-refractivity contribution in [3.05, 3.63) is 279 Å². The highest BCUT2D eigenvalue weighted by Crippen LogP contribution is 2.49. The summed E-state index contributed by atoms with van der Waals surface area (Å²) < 4.78 is 4.40. The summed E-state index contributed by atoms with van der Waals surface area (Å²) in [6.45, 7) is 0. The van der Waals surface area contributed by atoms with E-state index >= 15 is 0 Å². The third-order valence-electron chi connectivity index (χ3n) is 16.1. The SMILES string of the molecule is Cn1c(N(c2ccccc2)c2ccc3c(-c4ccc(-c5ccc6ccccc6c5)cc4)c(-c4ccc(-c5ccc6ccccc6c5)cc4)c4ccc(N(c5ccccc5)c5nc6ccccc6n5C)cc4c3c2)nc2ccccc21. The summed E-state index contributed by atoms with van der Waals surface area (Å²) in [4.78, 5) is 15.2. The van der Waals surface area contributed by atoms with Gasteiger partial charge in [-0.15, -0.1) is 0 Å². The van der Waals surface area contributed by atoms with Crippen LogP contribution in [0.5, 0.6) is 0 Å². The summed E-state index contributed by atoms with van der Waals surface area (Å²) >= 11 is 0. The Bertz CT molecular complexity index is 4540. The fourth-order valence-corrected chi connectivity index (χ4v) is 12.1. The minimum Gasteiger partial charge on any atom is -0.313 e. The van der Waals surface area contributed by atoms with Crippen LogP contribution in [0.25, 0.3) is 110 Å². The van der Waals surface area contributed by atoms with Gasteiger partial charge in [-0.1, -0.05) is 194 Å². The molecule has 378 valence electrons. The first-order chi connectivity index (χ1) is 39.5. The molecule has 0 radical (unpaired) electrons. The molecule has 0 spiro atoms. The van der Waals surface area contributed by atoms with Crippen LogP contribution >= 0.6 is 0 Å². The molecule has 13 aromatic carbocycles. The van der Waals surface area contributed by atoms with Gasteiger partial charge in [0, 0.05) is 36.8 Å². The van der Waals surface area contributed by atoms with E-state index in [2.05, 4.69) is 312 Å². The van der Waals surface area contributed by atoms with Crippen molar-refractivity contribution in [1.82, 2.24) is 19.1 Å². The molecule has 2 aromatic heterocycles. The first-order valence-electron chi connectivity index (χ1n) is 27.3. The van der Waals surface area contributed by atoms with E-state index in [0.717, 1.165) is 89.4 Å². The number of anilines is 6. The van der Waals surface area contributed by atoms with Crippen molar-refractivity contribution >= 4 is 99.8 Å². The van der Waals surface area contributed by atoms with Crippen LogP contribution in [-0.2, 0) is 14.1 Å². The first-order valence-corrected chi connectivity index (χ1v) is 27.3. The van der Waals surface area contributed by atoms with E-state index in [0.29, 0.717) is 0 Å². The van der Waals surface area contributed by atoms with Gasteiger partial charge in [0.1, 0.15) is 0 Å². The number of rotatable bonds is 10. The fourth-order valence-electron chi connectivity index (χ4n) is 12.1. The molecule has 80 heavy (non-hydrogen) atoms. The average Bonchev–Trinajstić information content (AvgIpc) is 4.08. The maximum atomic E-state index is 5.32. The molecule has 6 nitrogen and oxygen atoms in total. The molecule has 2 heterocycles. The summed E-state index contributed by atoms with van der Waals surface area (Å²) in [7, 11) is 4.22. The molecule has 0 saturated carbocycles. The topological polar surface area (TPSA) is 42.1 Å². The highest BCUT2D eigenvalue weighted by atomic mass is 15.3. The Balaban J connectivity index is 1.01. The number of aromatic nitrogens is 4. The Kier molecular flexibility index (Phi) is 11.2. The van der Waals surface area contributed by atoms with Crippen molar-refractivity contribution in [2.75, 3.05) is 9.80 Å². The summed E-state index contributed by atoms with van der Waals surface area (Å²) in [6.07, 6.45) is 0. The van der Waals surface area contributed by atoms with Crippen LogP contribution in [0.4, 0.5) is 34.6 Å². The van der Waals surface area contributed by atoms with Gasteiger partial charge in [0.15, 0.2) is 0 Å². The molecule has 0 aliphatic heterocycles. The largest absolute Gasteiger partial charge is 0.313 e. The zero-order valence-electron chi connectivity index (χ0n) is 44.2. The van der Waals surface area contributed by atoms with Crippen molar-refractivity contribution in [3.63, 3.8) is 0 Å². The van der Waals surface area contributed by atoms with E-state index in [-0.39, 0.29) is 0 Å². The molecule has 0 atom stereocenters. The van der Waals surface area contributed by atoms with Crippen LogP contribution < -0.4 is 9.80 Å². The Morgan fingerprint density at radius 3 is 1.02 bits per heavy atom. The van der Waals surface area contributed by atoms with Crippen LogP contribution in [0.15, 0.2) is 279 Å². The number of fused-ring (bicyclic) bond motifs is 7. The van der Waals surface area contributed by atoms with Crippen LogP contribution in [0.2, 0.25) is 0 Å². The summed E-state index contributed by atoms with van der Waals surface area (Å²) in [5.74, 6) is 1.65. The van der Waals surface area contributed by atoms with E-state index < -0.39 is 0 Å². The lowest BCUT2D eigenvalue weighted by Gasteiger charge is -2.27. The molecule has 0 N–H and O–H groups in total. The van der Waals surface area contributed by atoms with E-state index in [1.165, 1.54) is 54.9 Å². The number of benzene rings is 13. The second-order valence-electron chi connectivity index (χ2n) is 20.7. The predicted molar refractivity (Wildman–Crippen MR) is 336 cm³/mol. The van der Waals surface area contributed by atoms with Gasteiger partial charge in [-0.25, -0.2) is 9.97 Å². The Morgan fingerprint density at radius 2 is 0.613 bits per heavy atom. The number of aryl methyl sites for hydroxylation is 2. The van der Waals surface area contributed by atoms with Gasteiger partial charge < -0.3 is 9.13 Å². The lowest BCUT2D eigenvalue weighted by molar-refractivity contribution is 0.925. The van der Waals surface area contributed by atoms with Gasteiger partial charge >= 0.3 is 0 Å². The quantitative estimate of drug-likeness (QED) is 0.128. The van der Waals surface area contributed by atoms with Crippen molar-refractivity contribution in [2.24, 2.45) is 14.1 Å². The number of imidazole rings is 2. The maximum Gasteiger partial charge on any atom is 0.215 e. The molecule has 6 heteroatoms. The van der Waals surface area contributed by atoms with Gasteiger partial charge in [-0.3, -0.25) is 9.80 Å². The number of para-hydroxylation sites is 6. The van der Waals surface area contributed by atoms with Crippen LogP contribution in [-0.4, -0.2) is 19.1 Å². The Hall–Kier alpha value is -10.6. The van der Waals surface area contributed by atoms with Crippen molar-refractivity contribution in [2.45, 2.75) is 0 Å². The van der Waals surface area contributed by atoms with Crippen molar-refractivity contribution in [1.29, 1.82) is 0 Å². The normalized spacial score (nSPS) is 11.6. The van der Waals surface area contributed by atoms with Gasteiger partial charge in [0.25, 0.3) is 0 Å². The Morgan fingerprint density at radius 1 is 0.263 bits per heavy atom. The van der Waals surface area contributed by atoms with Gasteiger partial charge in [0.05, 0.1) is 22.1 Å². The molecule has 0 aliphatic rings. The van der Waals surface area contributed by atoms with E-state index in [9.17, 15) is 0 Å². The molecule has 0 fully saturated rings. The highest BCUT2D eigenvalue weighted by molar-refractivity contribution is 6.23. The molecule has 15 rings (SSSR count). The summed E-state index contributed by atoms with van der Waals surface area (Å²) in [5.41, 5.74) is 17.3. The zero-order chi connectivity index (χ0) is 53.3. The van der Waals surface area contributed by atoms with E-state index in [1.807, 2.05) is 0 Å². The second kappa shape index (κ2) is 19.2. The minimum atomic E-state index is 0.825. The zero-order valence-corrected chi connectivity index (χ0v) is 44.2. The molecule has 0 saturated heterocycles. The standard InChI is InChI=1S/C74H52N6/c1-77-69-27-15-13-25-67(69)75-73(77)79(59-21-5-3-6-22-59)61-41-43-63-65(47-61)66-48-62(80(60-23-7-4-8-24-60)74-76-68-26-14-16-28-70(68)78(74)2)42-44-64(66)72(54-37-31-52(32-38-54)58-40-34-50-18-10-12-20-56(50)46-58)71(63)53-35-29-51(30-36-53)57-39-33-49-17-9-11-19-55(49)45-57/h3-48H,1-2H3. The van der Waals surface area contributed by atoms with Gasteiger partial charge in [-0.05, 0) is 173 Å². The minimum absolute atomic E-state index is 0.825. The van der Waals surface area contributed by atoms with Crippen molar-refractivity contribution in [3.8, 4) is 44.5 Å². The van der Waals surface area contributed by atoms with Gasteiger partial charge in [-0.2, -0.15) is 0 Å². The monoisotopic (exact) mass is 1020 g/mol. The predicted octanol–water partition coefficient (Wildman–Crippen LogP) is 19.7. The first kappa shape index (κ1) is 46.7. The van der Waals surface area contributed by atoms with Crippen molar-refractivity contribution < 1.29 is 0 Å². The number of hydrogen-bond donors (Lipinski definition) is 0. The molecule has 15 aromatic rings. The molecule has 0 bridgehead atoms. The summed E-state index contributed by atoms with van der Waals surface area (Å²) in [5, 5.41) is 9.42. The lowest BCUT2D eigenvalue weighted by Crippen LogP contribution is -2.15. The number of nitrogens with zero attached hydrogens (tertiary/aromatic N) is 6. The maximum absolute atomic E-state index is 5.32. The molecular weight excluding hydrogens is 973 g/mol. The fraction of sp³-hybridized carbons (Fsp3) is 0.0270. The second-order valence-corrected chi connectivity index (χ2v) is 20.7. The van der Waals surface area contributed by atoms with Crippen LogP contribution in [0.3, 0.4) is 0 Å². The third-order valence-corrected chi connectivity index (χ3v) is 16.1. The molecular formula is C74H52N6. The number of hydrogen-bond acceptors (Lipinski definition) is 4. The van der Waals surface area contributed by atoms with Crippen LogP contribution in [0.1, 0.15) is 0 Å². The third kappa shape index (κ3) is 7.96. The van der Waals surface area contributed by atoms with E-state index in [4.69, 9.17) is 9.97 Å². The summed E-state index contributed by atoms with van der Waals surface area (Å²) in [6, 6.07) is 101. The molecule has 0 unspecified atom stereocenters. The lowest BCUT2D eigenvalue weighted by atomic mass is 9.84. The molecule has 0 amide bonds. The smallest absolute Gasteiger partial charge is 0.215 e. The van der Waals surface area contributed by atoms with Crippen LogP contribution in [0, 0.1) is 0 Å². The Labute approximate surface area is 464 Å². The highest BCUT2D eigenvalue weighted by Gasteiger charge is 2.26. The van der Waals surface area contributed by atoms with E-state index in [1.54, 1.807) is 0 Å². The average molecular weight is 1030 g/mol.